The van der Waals surface area contributed by atoms with Gasteiger partial charge in [-0.2, -0.15) is 0 Å². The summed E-state index contributed by atoms with van der Waals surface area (Å²) in [6.07, 6.45) is 1.57. The van der Waals surface area contributed by atoms with Crippen LogP contribution in [0.4, 0.5) is 0 Å². The first-order chi connectivity index (χ1) is 6.11. The Morgan fingerprint density at radius 2 is 2.23 bits per heavy atom. The van der Waals surface area contributed by atoms with Crippen molar-refractivity contribution in [2.24, 2.45) is 5.73 Å². The number of thiocarbonyl (C=S) groups is 1. The zero-order valence-electron chi connectivity index (χ0n) is 8.49. The Bertz CT molecular complexity index is 153. The highest BCUT2D eigenvalue weighted by Crippen LogP contribution is 2.04. The molecule has 0 aliphatic carbocycles. The van der Waals surface area contributed by atoms with Crippen LogP contribution in [0.25, 0.3) is 0 Å². The smallest absolute Gasteiger partial charge is 0.0742 e. The van der Waals surface area contributed by atoms with Crippen LogP contribution in [-0.2, 0) is 0 Å². The standard InChI is InChI=1S/C9H20N2OS/c1-3-11(5-4-6-12)8(2)7-9(10)13/h8,12H,3-7H2,1-2H3,(H2,10,13). The number of aliphatic hydroxyl groups is 1. The van der Waals surface area contributed by atoms with E-state index in [4.69, 9.17) is 23.1 Å². The van der Waals surface area contributed by atoms with Crippen LogP contribution in [0.3, 0.4) is 0 Å². The summed E-state index contributed by atoms with van der Waals surface area (Å²) in [5.74, 6) is 0. The molecule has 0 fully saturated rings. The molecule has 0 amide bonds. The third-order valence-corrected chi connectivity index (χ3v) is 2.30. The average Bonchev–Trinajstić information content (AvgIpc) is 2.04. The number of nitrogens with two attached hydrogens (primary N) is 1. The van der Waals surface area contributed by atoms with Gasteiger partial charge in [0.15, 0.2) is 0 Å². The Labute approximate surface area is 85.9 Å². The van der Waals surface area contributed by atoms with Crippen LogP contribution >= 0.6 is 12.2 Å². The monoisotopic (exact) mass is 204 g/mol. The Balaban J connectivity index is 3.83. The van der Waals surface area contributed by atoms with Gasteiger partial charge in [-0.3, -0.25) is 0 Å². The van der Waals surface area contributed by atoms with Gasteiger partial charge in [-0.15, -0.1) is 0 Å². The maximum atomic E-state index is 8.70. The minimum Gasteiger partial charge on any atom is -0.396 e. The molecule has 0 saturated carbocycles. The van der Waals surface area contributed by atoms with Crippen molar-refractivity contribution in [3.05, 3.63) is 0 Å². The molecule has 1 atom stereocenters. The van der Waals surface area contributed by atoms with Gasteiger partial charge in [0.1, 0.15) is 0 Å². The summed E-state index contributed by atoms with van der Waals surface area (Å²) in [6.45, 7) is 6.35. The van der Waals surface area contributed by atoms with Crippen molar-refractivity contribution in [3.63, 3.8) is 0 Å². The number of aliphatic hydroxyl groups excluding tert-OH is 1. The summed E-state index contributed by atoms with van der Waals surface area (Å²) in [5, 5.41) is 8.70. The molecule has 0 saturated heterocycles. The summed E-state index contributed by atoms with van der Waals surface area (Å²) in [7, 11) is 0. The van der Waals surface area contributed by atoms with Crippen LogP contribution in [0.1, 0.15) is 26.7 Å². The van der Waals surface area contributed by atoms with E-state index in [1.54, 1.807) is 0 Å². The van der Waals surface area contributed by atoms with Crippen molar-refractivity contribution < 1.29 is 5.11 Å². The highest BCUT2D eigenvalue weighted by atomic mass is 32.1. The number of hydrogen-bond donors (Lipinski definition) is 2. The van der Waals surface area contributed by atoms with E-state index in [9.17, 15) is 0 Å². The lowest BCUT2D eigenvalue weighted by Crippen LogP contribution is -2.36. The van der Waals surface area contributed by atoms with E-state index in [2.05, 4.69) is 18.7 Å². The maximum absolute atomic E-state index is 8.70. The van der Waals surface area contributed by atoms with E-state index < -0.39 is 0 Å². The van der Waals surface area contributed by atoms with E-state index in [1.165, 1.54) is 0 Å². The van der Waals surface area contributed by atoms with Crippen LogP contribution in [0.15, 0.2) is 0 Å². The second kappa shape index (κ2) is 7.24. The Morgan fingerprint density at radius 1 is 1.62 bits per heavy atom. The highest BCUT2D eigenvalue weighted by molar-refractivity contribution is 7.80. The molecule has 1 unspecified atom stereocenters. The lowest BCUT2D eigenvalue weighted by molar-refractivity contribution is 0.194. The molecule has 0 aromatic carbocycles. The zero-order chi connectivity index (χ0) is 10.3. The van der Waals surface area contributed by atoms with Crippen LogP contribution in [0.2, 0.25) is 0 Å². The number of rotatable bonds is 7. The molecule has 0 rings (SSSR count). The quantitative estimate of drug-likeness (QED) is 0.601. The zero-order valence-corrected chi connectivity index (χ0v) is 9.31. The molecule has 3 nitrogen and oxygen atoms in total. The van der Waals surface area contributed by atoms with E-state index in [0.29, 0.717) is 11.0 Å². The minimum atomic E-state index is 0.246. The Morgan fingerprint density at radius 3 is 2.62 bits per heavy atom. The van der Waals surface area contributed by atoms with Gasteiger partial charge >= 0.3 is 0 Å². The molecule has 13 heavy (non-hydrogen) atoms. The van der Waals surface area contributed by atoms with Gasteiger partial charge in [0.2, 0.25) is 0 Å². The van der Waals surface area contributed by atoms with Gasteiger partial charge in [-0.05, 0) is 19.9 Å². The molecule has 0 aliphatic heterocycles. The summed E-state index contributed by atoms with van der Waals surface area (Å²) >= 11 is 4.85. The predicted molar refractivity (Wildman–Crippen MR) is 59.8 cm³/mol. The summed E-state index contributed by atoms with van der Waals surface area (Å²) in [4.78, 5) is 2.84. The highest BCUT2D eigenvalue weighted by Gasteiger charge is 2.11. The normalized spacial score (nSPS) is 13.2. The fourth-order valence-electron chi connectivity index (χ4n) is 1.38. The first-order valence-corrected chi connectivity index (χ1v) is 5.15. The molecule has 4 heteroatoms. The molecule has 0 heterocycles. The molecule has 0 bridgehead atoms. The van der Waals surface area contributed by atoms with Gasteiger partial charge in [0.25, 0.3) is 0 Å². The van der Waals surface area contributed by atoms with Crippen molar-refractivity contribution in [1.29, 1.82) is 0 Å². The lowest BCUT2D eigenvalue weighted by atomic mass is 10.2. The maximum Gasteiger partial charge on any atom is 0.0742 e. The largest absolute Gasteiger partial charge is 0.396 e. The first-order valence-electron chi connectivity index (χ1n) is 4.75. The molecule has 78 valence electrons. The van der Waals surface area contributed by atoms with E-state index >= 15 is 0 Å². The molecule has 0 aromatic heterocycles. The van der Waals surface area contributed by atoms with Gasteiger partial charge < -0.3 is 15.7 Å². The van der Waals surface area contributed by atoms with Crippen molar-refractivity contribution in [2.75, 3.05) is 19.7 Å². The van der Waals surface area contributed by atoms with Crippen molar-refractivity contribution >= 4 is 17.2 Å². The Hall–Kier alpha value is -0.190. The molecular weight excluding hydrogens is 184 g/mol. The molecule has 0 radical (unpaired) electrons. The predicted octanol–water partition coefficient (Wildman–Crippen LogP) is 0.755. The van der Waals surface area contributed by atoms with Crippen molar-refractivity contribution in [2.45, 2.75) is 32.7 Å². The SMILES string of the molecule is CCN(CCCO)C(C)CC(N)=S. The second-order valence-corrected chi connectivity index (χ2v) is 3.75. The molecule has 3 N–H and O–H groups in total. The van der Waals surface area contributed by atoms with E-state index in [-0.39, 0.29) is 6.61 Å². The summed E-state index contributed by atoms with van der Waals surface area (Å²) < 4.78 is 0. The van der Waals surface area contributed by atoms with Crippen LogP contribution < -0.4 is 5.73 Å². The van der Waals surface area contributed by atoms with Gasteiger partial charge in [0, 0.05) is 25.6 Å². The minimum absolute atomic E-state index is 0.246. The summed E-state index contributed by atoms with van der Waals surface area (Å²) in [6, 6.07) is 0.383. The van der Waals surface area contributed by atoms with Gasteiger partial charge in [-0.25, -0.2) is 0 Å². The van der Waals surface area contributed by atoms with Crippen molar-refractivity contribution in [1.82, 2.24) is 4.90 Å². The lowest BCUT2D eigenvalue weighted by Gasteiger charge is -2.27. The third kappa shape index (κ3) is 5.96. The fourth-order valence-corrected chi connectivity index (χ4v) is 1.63. The average molecular weight is 204 g/mol. The summed E-state index contributed by atoms with van der Waals surface area (Å²) in [5.41, 5.74) is 5.47. The molecule has 0 aliphatic rings. The number of nitrogens with zero attached hydrogens (tertiary/aromatic N) is 1. The molecular formula is C9H20N2OS. The number of hydrogen-bond acceptors (Lipinski definition) is 3. The van der Waals surface area contributed by atoms with Crippen LogP contribution in [0.5, 0.6) is 0 Å². The van der Waals surface area contributed by atoms with Crippen LogP contribution in [-0.4, -0.2) is 40.7 Å². The van der Waals surface area contributed by atoms with Crippen molar-refractivity contribution in [3.8, 4) is 0 Å². The fraction of sp³-hybridized carbons (Fsp3) is 0.889. The third-order valence-electron chi connectivity index (χ3n) is 2.13. The van der Waals surface area contributed by atoms with E-state index in [0.717, 1.165) is 25.9 Å². The Kier molecular flexibility index (Phi) is 7.13. The van der Waals surface area contributed by atoms with Gasteiger partial charge in [-0.1, -0.05) is 19.1 Å². The molecule has 0 aromatic rings. The van der Waals surface area contributed by atoms with Crippen LogP contribution in [0, 0.1) is 0 Å². The topological polar surface area (TPSA) is 49.5 Å². The second-order valence-electron chi connectivity index (χ2n) is 3.23. The van der Waals surface area contributed by atoms with Gasteiger partial charge in [0.05, 0.1) is 4.99 Å². The molecule has 0 spiro atoms. The first kappa shape index (κ1) is 12.8. The van der Waals surface area contributed by atoms with E-state index in [1.807, 2.05) is 0 Å².